The van der Waals surface area contributed by atoms with Crippen molar-refractivity contribution >= 4 is 29.3 Å². The van der Waals surface area contributed by atoms with Gasteiger partial charge in [0.2, 0.25) is 0 Å². The third-order valence-corrected chi connectivity index (χ3v) is 3.91. The van der Waals surface area contributed by atoms with E-state index >= 15 is 0 Å². The molecule has 1 amide bonds. The largest absolute Gasteiger partial charge is 0.497 e. The van der Waals surface area contributed by atoms with Crippen LogP contribution in [0.2, 0.25) is 0 Å². The number of aromatic nitrogens is 1. The van der Waals surface area contributed by atoms with Crippen molar-refractivity contribution in [2.75, 3.05) is 32.4 Å². The van der Waals surface area contributed by atoms with Gasteiger partial charge in [-0.2, -0.15) is 0 Å². The predicted molar refractivity (Wildman–Crippen MR) is 94.5 cm³/mol. The Morgan fingerprint density at radius 2 is 2.00 bits per heavy atom. The Balaban J connectivity index is 2.00. The number of carbonyl (C=O) groups excluding carboxylic acids is 2. The van der Waals surface area contributed by atoms with Gasteiger partial charge in [-0.1, -0.05) is 0 Å². The van der Waals surface area contributed by atoms with Gasteiger partial charge < -0.3 is 19.5 Å². The van der Waals surface area contributed by atoms with Crippen LogP contribution in [0.3, 0.4) is 0 Å². The van der Waals surface area contributed by atoms with E-state index in [9.17, 15) is 9.59 Å². The van der Waals surface area contributed by atoms with Crippen molar-refractivity contribution in [1.82, 2.24) is 4.98 Å². The van der Waals surface area contributed by atoms with Crippen molar-refractivity contribution in [1.29, 1.82) is 0 Å². The van der Waals surface area contributed by atoms with Crippen LogP contribution in [0.25, 0.3) is 0 Å². The summed E-state index contributed by atoms with van der Waals surface area (Å²) in [5.74, 6) is -0.0647. The molecule has 1 heterocycles. The maximum Gasteiger partial charge on any atom is 0.341 e. The van der Waals surface area contributed by atoms with E-state index in [-0.39, 0.29) is 0 Å². The first kappa shape index (κ1) is 18.6. The van der Waals surface area contributed by atoms with Crippen molar-refractivity contribution in [3.05, 3.63) is 42.1 Å². The summed E-state index contributed by atoms with van der Waals surface area (Å²) >= 11 is 1.33. The van der Waals surface area contributed by atoms with Crippen LogP contribution >= 0.6 is 11.8 Å². The monoisotopic (exact) mass is 362 g/mol. The smallest absolute Gasteiger partial charge is 0.341 e. The van der Waals surface area contributed by atoms with Crippen molar-refractivity contribution < 1.29 is 23.8 Å². The van der Waals surface area contributed by atoms with E-state index in [2.05, 4.69) is 10.3 Å². The van der Waals surface area contributed by atoms with Crippen LogP contribution in [0, 0.1) is 0 Å². The summed E-state index contributed by atoms with van der Waals surface area (Å²) in [4.78, 5) is 28.3. The highest BCUT2D eigenvalue weighted by molar-refractivity contribution is 7.98. The van der Waals surface area contributed by atoms with Gasteiger partial charge in [0, 0.05) is 12.3 Å². The minimum Gasteiger partial charge on any atom is -0.497 e. The summed E-state index contributed by atoms with van der Waals surface area (Å²) in [5.41, 5.74) is 0.746. The average molecular weight is 362 g/mol. The lowest BCUT2D eigenvalue weighted by molar-refractivity contribution is -0.119. The molecule has 1 aromatic carbocycles. The van der Waals surface area contributed by atoms with Gasteiger partial charge in [-0.15, -0.1) is 11.8 Å². The van der Waals surface area contributed by atoms with Gasteiger partial charge in [0.25, 0.3) is 5.91 Å². The Bertz CT molecular complexity index is 766. The zero-order chi connectivity index (χ0) is 18.2. The number of anilines is 1. The van der Waals surface area contributed by atoms with Gasteiger partial charge in [-0.05, 0) is 30.5 Å². The standard InChI is InChI=1S/C17H18N2O5S/c1-22-11-6-7-14(23-2)13(9-11)19-15(20)10-24-17(21)12-5-4-8-18-16(12)25-3/h4-9H,10H2,1-3H3,(H,19,20). The lowest BCUT2D eigenvalue weighted by atomic mass is 10.2. The topological polar surface area (TPSA) is 86.8 Å². The van der Waals surface area contributed by atoms with Crippen LogP contribution in [-0.2, 0) is 9.53 Å². The number of esters is 1. The van der Waals surface area contributed by atoms with Crippen LogP contribution in [-0.4, -0.2) is 43.9 Å². The Hall–Kier alpha value is -2.74. The summed E-state index contributed by atoms with van der Waals surface area (Å²) in [6, 6.07) is 8.23. The van der Waals surface area contributed by atoms with Crippen molar-refractivity contribution in [2.45, 2.75) is 5.03 Å². The molecule has 7 nitrogen and oxygen atoms in total. The van der Waals surface area contributed by atoms with E-state index < -0.39 is 18.5 Å². The molecule has 0 saturated heterocycles. The van der Waals surface area contributed by atoms with E-state index in [0.29, 0.717) is 27.8 Å². The average Bonchev–Trinajstić information content (AvgIpc) is 2.65. The molecule has 0 spiro atoms. The zero-order valence-corrected chi connectivity index (χ0v) is 14.9. The molecular weight excluding hydrogens is 344 g/mol. The lowest BCUT2D eigenvalue weighted by Crippen LogP contribution is -2.21. The molecule has 0 bridgehead atoms. The number of nitrogens with one attached hydrogen (secondary N) is 1. The van der Waals surface area contributed by atoms with E-state index in [0.717, 1.165) is 0 Å². The highest BCUT2D eigenvalue weighted by atomic mass is 32.2. The summed E-state index contributed by atoms with van der Waals surface area (Å²) < 4.78 is 15.4. The van der Waals surface area contributed by atoms with Crippen molar-refractivity contribution in [3.8, 4) is 11.5 Å². The number of carbonyl (C=O) groups is 2. The molecule has 0 aliphatic heterocycles. The van der Waals surface area contributed by atoms with Crippen LogP contribution in [0.15, 0.2) is 41.6 Å². The maximum atomic E-state index is 12.1. The Morgan fingerprint density at radius 1 is 1.20 bits per heavy atom. The molecule has 1 N–H and O–H groups in total. The third kappa shape index (κ3) is 4.87. The third-order valence-electron chi connectivity index (χ3n) is 3.20. The molecule has 2 rings (SSSR count). The molecule has 0 saturated carbocycles. The molecule has 25 heavy (non-hydrogen) atoms. The van der Waals surface area contributed by atoms with Gasteiger partial charge in [-0.25, -0.2) is 9.78 Å². The molecule has 0 fully saturated rings. The predicted octanol–water partition coefficient (Wildman–Crippen LogP) is 2.62. The van der Waals surface area contributed by atoms with Gasteiger partial charge >= 0.3 is 5.97 Å². The molecule has 0 aliphatic carbocycles. The van der Waals surface area contributed by atoms with Gasteiger partial charge in [0.05, 0.1) is 25.5 Å². The summed E-state index contributed by atoms with van der Waals surface area (Å²) in [6.07, 6.45) is 3.39. The number of thioether (sulfide) groups is 1. The first-order valence-corrected chi connectivity index (χ1v) is 8.49. The number of benzene rings is 1. The molecule has 0 aliphatic rings. The lowest BCUT2D eigenvalue weighted by Gasteiger charge is -2.12. The van der Waals surface area contributed by atoms with Crippen LogP contribution < -0.4 is 14.8 Å². The fraction of sp³-hybridized carbons (Fsp3) is 0.235. The fourth-order valence-electron chi connectivity index (χ4n) is 2.02. The summed E-state index contributed by atoms with van der Waals surface area (Å²) in [5, 5.41) is 3.17. The molecule has 2 aromatic rings. The van der Waals surface area contributed by atoms with E-state index in [1.54, 1.807) is 42.8 Å². The molecule has 0 unspecified atom stereocenters. The fourth-order valence-corrected chi connectivity index (χ4v) is 2.55. The quantitative estimate of drug-likeness (QED) is 0.598. The molecule has 0 radical (unpaired) electrons. The number of amides is 1. The van der Waals surface area contributed by atoms with Gasteiger partial charge in [0.15, 0.2) is 6.61 Å². The summed E-state index contributed by atoms with van der Waals surface area (Å²) in [6.45, 7) is -0.429. The number of pyridine rings is 1. The molecule has 0 atom stereocenters. The maximum absolute atomic E-state index is 12.1. The number of ether oxygens (including phenoxy) is 3. The highest BCUT2D eigenvalue weighted by Crippen LogP contribution is 2.28. The minimum atomic E-state index is -0.606. The second kappa shape index (κ2) is 8.93. The molecule has 8 heteroatoms. The second-order valence-electron chi connectivity index (χ2n) is 4.75. The van der Waals surface area contributed by atoms with Gasteiger partial charge in [0.1, 0.15) is 16.5 Å². The van der Waals surface area contributed by atoms with E-state index in [4.69, 9.17) is 14.2 Å². The number of hydrogen-bond donors (Lipinski definition) is 1. The van der Waals surface area contributed by atoms with Crippen LogP contribution in [0.5, 0.6) is 11.5 Å². The Morgan fingerprint density at radius 3 is 2.68 bits per heavy atom. The number of hydrogen-bond acceptors (Lipinski definition) is 7. The molecular formula is C17H18N2O5S. The molecule has 1 aromatic heterocycles. The molecule has 132 valence electrons. The second-order valence-corrected chi connectivity index (χ2v) is 5.55. The Kier molecular flexibility index (Phi) is 6.64. The number of methoxy groups -OCH3 is 2. The van der Waals surface area contributed by atoms with Crippen LogP contribution in [0.4, 0.5) is 5.69 Å². The SMILES string of the molecule is COc1ccc(OC)c(NC(=O)COC(=O)c2cccnc2SC)c1. The van der Waals surface area contributed by atoms with Crippen molar-refractivity contribution in [2.24, 2.45) is 0 Å². The Labute approximate surface area is 149 Å². The zero-order valence-electron chi connectivity index (χ0n) is 14.1. The number of nitrogens with zero attached hydrogens (tertiary/aromatic N) is 1. The highest BCUT2D eigenvalue weighted by Gasteiger charge is 2.16. The van der Waals surface area contributed by atoms with E-state index in [1.807, 2.05) is 0 Å². The van der Waals surface area contributed by atoms with E-state index in [1.165, 1.54) is 26.0 Å². The normalized spacial score (nSPS) is 10.0. The minimum absolute atomic E-state index is 0.321. The first-order chi connectivity index (χ1) is 12.1. The van der Waals surface area contributed by atoms with Crippen molar-refractivity contribution in [3.63, 3.8) is 0 Å². The van der Waals surface area contributed by atoms with Gasteiger partial charge in [-0.3, -0.25) is 4.79 Å². The number of rotatable bonds is 7. The van der Waals surface area contributed by atoms with Crippen LogP contribution in [0.1, 0.15) is 10.4 Å². The summed E-state index contributed by atoms with van der Waals surface area (Å²) in [7, 11) is 3.01. The first-order valence-electron chi connectivity index (χ1n) is 7.27.